The van der Waals surface area contributed by atoms with Crippen molar-refractivity contribution in [2.24, 2.45) is 0 Å². The predicted octanol–water partition coefficient (Wildman–Crippen LogP) is 3.35. The van der Waals surface area contributed by atoms with Crippen LogP contribution in [0.3, 0.4) is 0 Å². The van der Waals surface area contributed by atoms with E-state index in [1.54, 1.807) is 4.90 Å². The van der Waals surface area contributed by atoms with E-state index < -0.39 is 6.04 Å². The molecule has 6 rings (SSSR count). The fraction of sp³-hybridized carbons (Fsp3) is 0.533. The standard InChI is InChI=1S/C30H37N5O3/c1-33-13-4-6-23(33)17-24-5-2-3-14-34(24)18-20-11-12-31-26(15-20)21-7-8-25-22(16-21)19-35(30(25)38)27-9-10-28(36)32-29(27)37/h7-8,11-12,15-16,23-24,27H,2-6,9-10,13-14,17-19H2,1H3,(H,32,36,37). The van der Waals surface area contributed by atoms with Crippen LogP contribution in [0.2, 0.25) is 0 Å². The molecule has 3 amide bonds. The molecule has 38 heavy (non-hydrogen) atoms. The number of hydrogen-bond acceptors (Lipinski definition) is 6. The van der Waals surface area contributed by atoms with Crippen molar-refractivity contribution in [1.82, 2.24) is 25.0 Å². The summed E-state index contributed by atoms with van der Waals surface area (Å²) < 4.78 is 0. The second kappa shape index (κ2) is 10.6. The fourth-order valence-electron chi connectivity index (χ4n) is 6.83. The number of carbonyl (C=O) groups excluding carboxylic acids is 3. The number of amides is 3. The minimum atomic E-state index is -0.598. The number of nitrogens with zero attached hydrogens (tertiary/aromatic N) is 4. The van der Waals surface area contributed by atoms with Crippen molar-refractivity contribution in [2.75, 3.05) is 20.1 Å². The highest BCUT2D eigenvalue weighted by Crippen LogP contribution is 2.32. The zero-order chi connectivity index (χ0) is 26.2. The molecule has 8 heteroatoms. The van der Waals surface area contributed by atoms with Gasteiger partial charge in [0.05, 0.1) is 5.69 Å². The first kappa shape index (κ1) is 25.2. The van der Waals surface area contributed by atoms with Crippen molar-refractivity contribution in [3.8, 4) is 11.3 Å². The second-order valence-electron chi connectivity index (χ2n) is 11.5. The molecule has 3 fully saturated rings. The van der Waals surface area contributed by atoms with Crippen LogP contribution < -0.4 is 5.32 Å². The summed E-state index contributed by atoms with van der Waals surface area (Å²) in [4.78, 5) is 48.5. The number of rotatable bonds is 6. The van der Waals surface area contributed by atoms with Gasteiger partial charge in [-0.15, -0.1) is 0 Å². The lowest BCUT2D eigenvalue weighted by molar-refractivity contribution is -0.136. The number of likely N-dealkylation sites (tertiary alicyclic amines) is 2. The maximum Gasteiger partial charge on any atom is 0.255 e. The molecule has 8 nitrogen and oxygen atoms in total. The molecule has 1 aromatic carbocycles. The lowest BCUT2D eigenvalue weighted by Crippen LogP contribution is -2.52. The third-order valence-corrected chi connectivity index (χ3v) is 8.99. The molecule has 1 N–H and O–H groups in total. The van der Waals surface area contributed by atoms with Gasteiger partial charge >= 0.3 is 0 Å². The molecule has 200 valence electrons. The molecule has 4 aliphatic heterocycles. The van der Waals surface area contributed by atoms with Gasteiger partial charge in [0, 0.05) is 48.9 Å². The molecule has 3 saturated heterocycles. The van der Waals surface area contributed by atoms with Gasteiger partial charge in [-0.3, -0.25) is 29.6 Å². The van der Waals surface area contributed by atoms with E-state index in [-0.39, 0.29) is 24.1 Å². The molecule has 3 unspecified atom stereocenters. The van der Waals surface area contributed by atoms with Crippen molar-refractivity contribution in [3.05, 3.63) is 53.2 Å². The first-order valence-electron chi connectivity index (χ1n) is 14.1. The molecule has 3 atom stereocenters. The second-order valence-corrected chi connectivity index (χ2v) is 11.5. The Bertz CT molecular complexity index is 1250. The third kappa shape index (κ3) is 4.99. The molecule has 4 aliphatic rings. The Morgan fingerprint density at radius 3 is 2.66 bits per heavy atom. The zero-order valence-electron chi connectivity index (χ0n) is 22.2. The number of nitrogens with one attached hydrogen (secondary N) is 1. The minimum Gasteiger partial charge on any atom is -0.322 e. The van der Waals surface area contributed by atoms with Gasteiger partial charge in [0.1, 0.15) is 6.04 Å². The first-order valence-corrected chi connectivity index (χ1v) is 14.1. The van der Waals surface area contributed by atoms with Crippen LogP contribution in [0.5, 0.6) is 0 Å². The number of carbonyl (C=O) groups is 3. The van der Waals surface area contributed by atoms with Crippen LogP contribution in [0.15, 0.2) is 36.5 Å². The summed E-state index contributed by atoms with van der Waals surface area (Å²) in [6.07, 6.45) is 10.3. The highest BCUT2D eigenvalue weighted by Gasteiger charge is 2.39. The van der Waals surface area contributed by atoms with Gasteiger partial charge in [0.2, 0.25) is 11.8 Å². The first-order chi connectivity index (χ1) is 18.5. The van der Waals surface area contributed by atoms with Gasteiger partial charge in [0.25, 0.3) is 5.91 Å². The van der Waals surface area contributed by atoms with Crippen LogP contribution in [0.25, 0.3) is 11.3 Å². The van der Waals surface area contributed by atoms with Gasteiger partial charge in [-0.2, -0.15) is 0 Å². The Kier molecular flexibility index (Phi) is 7.01. The Morgan fingerprint density at radius 2 is 1.84 bits per heavy atom. The summed E-state index contributed by atoms with van der Waals surface area (Å²) in [5.74, 6) is -0.801. The van der Waals surface area contributed by atoms with E-state index in [0.717, 1.165) is 29.9 Å². The van der Waals surface area contributed by atoms with E-state index >= 15 is 0 Å². The summed E-state index contributed by atoms with van der Waals surface area (Å²) in [5, 5.41) is 2.37. The Balaban J connectivity index is 1.17. The maximum atomic E-state index is 13.1. The molecule has 0 radical (unpaired) electrons. The summed E-state index contributed by atoms with van der Waals surface area (Å²) in [6, 6.07) is 10.9. The van der Waals surface area contributed by atoms with Crippen molar-refractivity contribution in [3.63, 3.8) is 0 Å². The van der Waals surface area contributed by atoms with Crippen LogP contribution in [-0.2, 0) is 22.7 Å². The highest BCUT2D eigenvalue weighted by molar-refractivity contribution is 6.05. The number of piperidine rings is 2. The number of fused-ring (bicyclic) bond motifs is 1. The Morgan fingerprint density at radius 1 is 0.974 bits per heavy atom. The number of hydrogen-bond donors (Lipinski definition) is 1. The van der Waals surface area contributed by atoms with E-state index in [4.69, 9.17) is 0 Å². The summed E-state index contributed by atoms with van der Waals surface area (Å²) in [6.45, 7) is 3.68. The molecular weight excluding hydrogens is 478 g/mol. The van der Waals surface area contributed by atoms with E-state index in [0.29, 0.717) is 30.6 Å². The molecular formula is C30H37N5O3. The van der Waals surface area contributed by atoms with Crippen LogP contribution in [0.4, 0.5) is 0 Å². The normalized spacial score (nSPS) is 26.6. The molecule has 0 spiro atoms. The van der Waals surface area contributed by atoms with Gasteiger partial charge in [-0.05, 0) is 94.1 Å². The van der Waals surface area contributed by atoms with E-state index in [2.05, 4.69) is 39.3 Å². The van der Waals surface area contributed by atoms with Crippen LogP contribution in [0, 0.1) is 0 Å². The summed E-state index contributed by atoms with van der Waals surface area (Å²) in [5.41, 5.74) is 4.68. The highest BCUT2D eigenvalue weighted by atomic mass is 16.2. The van der Waals surface area contributed by atoms with Crippen molar-refractivity contribution >= 4 is 17.7 Å². The topological polar surface area (TPSA) is 85.8 Å². The molecule has 1 aromatic heterocycles. The predicted molar refractivity (Wildman–Crippen MR) is 144 cm³/mol. The lowest BCUT2D eigenvalue weighted by Gasteiger charge is -2.38. The molecule has 0 bridgehead atoms. The lowest BCUT2D eigenvalue weighted by atomic mass is 9.94. The van der Waals surface area contributed by atoms with E-state index in [1.807, 2.05) is 24.4 Å². The van der Waals surface area contributed by atoms with Gasteiger partial charge in [-0.1, -0.05) is 12.5 Å². The summed E-state index contributed by atoms with van der Waals surface area (Å²) in [7, 11) is 2.27. The monoisotopic (exact) mass is 515 g/mol. The largest absolute Gasteiger partial charge is 0.322 e. The molecule has 5 heterocycles. The number of imide groups is 1. The average molecular weight is 516 g/mol. The quantitative estimate of drug-likeness (QED) is 0.594. The fourth-order valence-corrected chi connectivity index (χ4v) is 6.83. The maximum absolute atomic E-state index is 13.1. The van der Waals surface area contributed by atoms with Crippen molar-refractivity contribution in [1.29, 1.82) is 0 Å². The number of pyridine rings is 1. The molecule has 0 aliphatic carbocycles. The van der Waals surface area contributed by atoms with E-state index in [1.165, 1.54) is 50.6 Å². The summed E-state index contributed by atoms with van der Waals surface area (Å²) >= 11 is 0. The number of aromatic nitrogens is 1. The smallest absolute Gasteiger partial charge is 0.255 e. The van der Waals surface area contributed by atoms with Gasteiger partial charge < -0.3 is 9.80 Å². The van der Waals surface area contributed by atoms with Gasteiger partial charge in [0.15, 0.2) is 0 Å². The van der Waals surface area contributed by atoms with Crippen LogP contribution >= 0.6 is 0 Å². The van der Waals surface area contributed by atoms with E-state index in [9.17, 15) is 14.4 Å². The molecule has 2 aromatic rings. The van der Waals surface area contributed by atoms with Crippen LogP contribution in [-0.4, -0.2) is 75.7 Å². The Hall–Kier alpha value is -3.10. The van der Waals surface area contributed by atoms with Crippen molar-refractivity contribution < 1.29 is 14.4 Å². The SMILES string of the molecule is CN1CCCC1CC1CCCCN1Cc1ccnc(-c2ccc3c(c2)CN(C2CCC(=O)NC2=O)C3=O)c1. The van der Waals surface area contributed by atoms with Crippen LogP contribution in [0.1, 0.15) is 72.9 Å². The number of benzene rings is 1. The average Bonchev–Trinajstić information content (AvgIpc) is 3.47. The minimum absolute atomic E-state index is 0.146. The Labute approximate surface area is 224 Å². The van der Waals surface area contributed by atoms with Crippen molar-refractivity contribution in [2.45, 2.75) is 82.6 Å². The third-order valence-electron chi connectivity index (χ3n) is 8.99. The zero-order valence-corrected chi connectivity index (χ0v) is 22.2. The molecule has 0 saturated carbocycles. The van der Waals surface area contributed by atoms with Gasteiger partial charge in [-0.25, -0.2) is 0 Å².